The van der Waals surface area contributed by atoms with Crippen molar-refractivity contribution >= 4 is 28.6 Å². The predicted molar refractivity (Wildman–Crippen MR) is 99.5 cm³/mol. The number of benzene rings is 1. The average Bonchev–Trinajstić information content (AvgIpc) is 3.35. The van der Waals surface area contributed by atoms with Gasteiger partial charge < -0.3 is 20.3 Å². The molecule has 2 N–H and O–H groups in total. The lowest BCUT2D eigenvalue weighted by Crippen LogP contribution is -2.36. The molecule has 0 radical (unpaired) electrons. The summed E-state index contributed by atoms with van der Waals surface area (Å²) in [4.78, 5) is 19.2. The van der Waals surface area contributed by atoms with E-state index in [1.807, 2.05) is 29.6 Å². The second-order valence-electron chi connectivity index (χ2n) is 6.32. The minimum Gasteiger partial charge on any atom is -0.378 e. The van der Waals surface area contributed by atoms with Gasteiger partial charge in [0.1, 0.15) is 10.7 Å². The van der Waals surface area contributed by atoms with Crippen LogP contribution in [-0.2, 0) is 4.74 Å². The number of hydrogen-bond acceptors (Lipinski definition) is 6. The lowest BCUT2D eigenvalue weighted by molar-refractivity contribution is 0.102. The Kier molecular flexibility index (Phi) is 4.96. The number of amides is 1. The lowest BCUT2D eigenvalue weighted by atomic mass is 10.2. The van der Waals surface area contributed by atoms with Crippen molar-refractivity contribution in [1.29, 1.82) is 0 Å². The van der Waals surface area contributed by atoms with Crippen LogP contribution in [0.3, 0.4) is 0 Å². The van der Waals surface area contributed by atoms with Gasteiger partial charge in [0, 0.05) is 29.8 Å². The predicted octanol–water partition coefficient (Wildman–Crippen LogP) is 2.66. The molecule has 1 aromatic carbocycles. The van der Waals surface area contributed by atoms with Crippen molar-refractivity contribution in [2.24, 2.45) is 0 Å². The van der Waals surface area contributed by atoms with E-state index in [0.29, 0.717) is 11.7 Å². The summed E-state index contributed by atoms with van der Waals surface area (Å²) >= 11 is 1.55. The van der Waals surface area contributed by atoms with Crippen LogP contribution in [0.2, 0.25) is 0 Å². The normalized spacial score (nSPS) is 20.6. The van der Waals surface area contributed by atoms with Crippen LogP contribution in [0.25, 0.3) is 0 Å². The molecular weight excluding hydrogens is 336 g/mol. The Hall–Kier alpha value is -1.96. The summed E-state index contributed by atoms with van der Waals surface area (Å²) in [5.74, 6) is -0.153. The molecule has 25 heavy (non-hydrogen) atoms. The molecule has 7 heteroatoms. The van der Waals surface area contributed by atoms with Crippen molar-refractivity contribution in [3.8, 4) is 0 Å². The zero-order valence-electron chi connectivity index (χ0n) is 14.0. The molecule has 132 valence electrons. The van der Waals surface area contributed by atoms with Crippen molar-refractivity contribution in [3.63, 3.8) is 0 Å². The van der Waals surface area contributed by atoms with E-state index in [1.54, 1.807) is 11.3 Å². The molecule has 0 aliphatic carbocycles. The minimum atomic E-state index is -0.153. The molecule has 1 unspecified atom stereocenters. The van der Waals surface area contributed by atoms with Crippen molar-refractivity contribution in [2.45, 2.75) is 18.9 Å². The summed E-state index contributed by atoms with van der Waals surface area (Å²) in [5.41, 5.74) is 2.44. The number of carbonyl (C=O) groups is 1. The molecule has 2 fully saturated rings. The van der Waals surface area contributed by atoms with Gasteiger partial charge in [-0.1, -0.05) is 0 Å². The van der Waals surface area contributed by atoms with Crippen LogP contribution in [0.4, 0.5) is 11.4 Å². The molecule has 3 heterocycles. The molecule has 2 aliphatic heterocycles. The molecule has 0 saturated carbocycles. The van der Waals surface area contributed by atoms with Crippen LogP contribution in [0.15, 0.2) is 29.6 Å². The Labute approximate surface area is 151 Å². The van der Waals surface area contributed by atoms with Gasteiger partial charge >= 0.3 is 0 Å². The van der Waals surface area contributed by atoms with Crippen LogP contribution in [0.5, 0.6) is 0 Å². The quantitative estimate of drug-likeness (QED) is 0.880. The van der Waals surface area contributed by atoms with E-state index in [2.05, 4.69) is 20.5 Å². The summed E-state index contributed by atoms with van der Waals surface area (Å²) in [6.07, 6.45) is 2.26. The molecule has 1 aromatic heterocycles. The summed E-state index contributed by atoms with van der Waals surface area (Å²) in [7, 11) is 0. The van der Waals surface area contributed by atoms with E-state index in [9.17, 15) is 4.79 Å². The number of hydrogen-bond donors (Lipinski definition) is 2. The highest BCUT2D eigenvalue weighted by atomic mass is 32.1. The number of ether oxygens (including phenoxy) is 1. The van der Waals surface area contributed by atoms with Gasteiger partial charge in [-0.2, -0.15) is 0 Å². The maximum absolute atomic E-state index is 12.4. The largest absolute Gasteiger partial charge is 0.378 e. The van der Waals surface area contributed by atoms with Crippen LogP contribution >= 0.6 is 11.3 Å². The molecule has 2 aromatic rings. The molecule has 0 bridgehead atoms. The third-order valence-electron chi connectivity index (χ3n) is 4.61. The third-order valence-corrected chi connectivity index (χ3v) is 5.57. The summed E-state index contributed by atoms with van der Waals surface area (Å²) in [6, 6.07) is 8.26. The first-order chi connectivity index (χ1) is 12.3. The van der Waals surface area contributed by atoms with Gasteiger partial charge in [-0.25, -0.2) is 4.98 Å². The summed E-state index contributed by atoms with van der Waals surface area (Å²) in [6.45, 7) is 4.37. The summed E-state index contributed by atoms with van der Waals surface area (Å²) in [5, 5.41) is 9.19. The number of aromatic nitrogens is 1. The minimum absolute atomic E-state index is 0.153. The van der Waals surface area contributed by atoms with Gasteiger partial charge in [0.05, 0.1) is 19.3 Å². The zero-order valence-corrected chi connectivity index (χ0v) is 14.8. The van der Waals surface area contributed by atoms with Crippen molar-refractivity contribution < 1.29 is 9.53 Å². The first-order valence-corrected chi connectivity index (χ1v) is 9.60. The smallest absolute Gasteiger partial charge is 0.275 e. The van der Waals surface area contributed by atoms with Gasteiger partial charge in [-0.15, -0.1) is 11.3 Å². The number of nitrogens with zero attached hydrogens (tertiary/aromatic N) is 2. The van der Waals surface area contributed by atoms with Gasteiger partial charge in [-0.05, 0) is 43.7 Å². The van der Waals surface area contributed by atoms with Crippen molar-refractivity contribution in [2.75, 3.05) is 43.1 Å². The van der Waals surface area contributed by atoms with Gasteiger partial charge in [0.2, 0.25) is 0 Å². The third kappa shape index (κ3) is 3.84. The van der Waals surface area contributed by atoms with E-state index in [-0.39, 0.29) is 5.91 Å². The van der Waals surface area contributed by atoms with E-state index >= 15 is 0 Å². The molecule has 6 nitrogen and oxygen atoms in total. The highest BCUT2D eigenvalue weighted by Gasteiger charge is 2.21. The molecule has 0 spiro atoms. The number of nitrogens with one attached hydrogen (secondary N) is 2. The topological polar surface area (TPSA) is 66.5 Å². The lowest BCUT2D eigenvalue weighted by Gasteiger charge is -2.28. The van der Waals surface area contributed by atoms with E-state index < -0.39 is 0 Å². The van der Waals surface area contributed by atoms with Crippen LogP contribution in [0.1, 0.15) is 34.4 Å². The second-order valence-corrected chi connectivity index (χ2v) is 7.21. The fourth-order valence-corrected chi connectivity index (χ4v) is 4.13. The Morgan fingerprint density at radius 1 is 1.28 bits per heavy atom. The SMILES string of the molecule is O=C(Nc1ccc(N2CCOCC2)cc1)c1csc(C2CCCN2)n1. The summed E-state index contributed by atoms with van der Waals surface area (Å²) < 4.78 is 5.38. The number of morpholine rings is 1. The molecular formula is C18H22N4O2S. The first-order valence-electron chi connectivity index (χ1n) is 8.72. The van der Waals surface area contributed by atoms with E-state index in [1.165, 1.54) is 6.42 Å². The average molecular weight is 358 g/mol. The maximum atomic E-state index is 12.4. The molecule has 2 aliphatic rings. The van der Waals surface area contributed by atoms with Crippen molar-refractivity contribution in [1.82, 2.24) is 10.3 Å². The highest BCUT2D eigenvalue weighted by molar-refractivity contribution is 7.09. The molecule has 2 saturated heterocycles. The number of thiazole rings is 1. The van der Waals surface area contributed by atoms with Crippen LogP contribution in [-0.4, -0.2) is 43.7 Å². The maximum Gasteiger partial charge on any atom is 0.275 e. The van der Waals surface area contributed by atoms with E-state index in [4.69, 9.17) is 4.74 Å². The second kappa shape index (κ2) is 7.51. The fraction of sp³-hybridized carbons (Fsp3) is 0.444. The number of anilines is 2. The number of rotatable bonds is 4. The monoisotopic (exact) mass is 358 g/mol. The Morgan fingerprint density at radius 3 is 2.80 bits per heavy atom. The fourth-order valence-electron chi connectivity index (χ4n) is 3.22. The van der Waals surface area contributed by atoms with E-state index in [0.717, 1.165) is 55.7 Å². The molecule has 4 rings (SSSR count). The Balaban J connectivity index is 1.38. The molecule has 1 atom stereocenters. The van der Waals surface area contributed by atoms with Gasteiger partial charge in [-0.3, -0.25) is 4.79 Å². The molecule has 1 amide bonds. The first kappa shape index (κ1) is 16.5. The van der Waals surface area contributed by atoms with Crippen molar-refractivity contribution in [3.05, 3.63) is 40.3 Å². The van der Waals surface area contributed by atoms with Crippen LogP contribution < -0.4 is 15.5 Å². The standard InChI is InChI=1S/C18H22N4O2S/c23-17(16-12-25-18(21-16)15-2-1-7-19-15)20-13-3-5-14(6-4-13)22-8-10-24-11-9-22/h3-6,12,15,19H,1-2,7-11H2,(H,20,23). The number of carbonyl (C=O) groups excluding carboxylic acids is 1. The zero-order chi connectivity index (χ0) is 17.1. The Bertz CT molecular complexity index is 719. The Morgan fingerprint density at radius 2 is 2.08 bits per heavy atom. The highest BCUT2D eigenvalue weighted by Crippen LogP contribution is 2.26. The van der Waals surface area contributed by atoms with Crippen LogP contribution in [0, 0.1) is 0 Å². The van der Waals surface area contributed by atoms with Gasteiger partial charge in [0.15, 0.2) is 0 Å². The van der Waals surface area contributed by atoms with Gasteiger partial charge in [0.25, 0.3) is 5.91 Å².